The van der Waals surface area contributed by atoms with Gasteiger partial charge in [-0.3, -0.25) is 0 Å². The number of anilines is 1. The van der Waals surface area contributed by atoms with E-state index in [1.54, 1.807) is 0 Å². The molecule has 0 saturated carbocycles. The van der Waals surface area contributed by atoms with E-state index in [2.05, 4.69) is 56.9 Å². The van der Waals surface area contributed by atoms with Crippen LogP contribution in [-0.4, -0.2) is 41.0 Å². The summed E-state index contributed by atoms with van der Waals surface area (Å²) in [5, 5.41) is 3.34. The van der Waals surface area contributed by atoms with Crippen molar-refractivity contribution in [3.63, 3.8) is 0 Å². The molecule has 0 bridgehead atoms. The molecule has 0 radical (unpaired) electrons. The summed E-state index contributed by atoms with van der Waals surface area (Å²) in [6, 6.07) is 1.92. The van der Waals surface area contributed by atoms with Gasteiger partial charge in [-0.2, -0.15) is 0 Å². The van der Waals surface area contributed by atoms with Crippen LogP contribution in [0.25, 0.3) is 0 Å². The van der Waals surface area contributed by atoms with Crippen molar-refractivity contribution in [3.05, 3.63) is 16.5 Å². The molecule has 0 aliphatic rings. The zero-order valence-corrected chi connectivity index (χ0v) is 12.4. The summed E-state index contributed by atoms with van der Waals surface area (Å²) >= 11 is 3.40. The number of hydrogen-bond donors (Lipinski definition) is 1. The highest BCUT2D eigenvalue weighted by molar-refractivity contribution is 9.10. The third-order valence-electron chi connectivity index (χ3n) is 2.69. The molecule has 0 aliphatic heterocycles. The van der Waals surface area contributed by atoms with Crippen LogP contribution >= 0.6 is 15.9 Å². The van der Waals surface area contributed by atoms with Crippen molar-refractivity contribution in [2.75, 3.05) is 31.5 Å². The fourth-order valence-corrected chi connectivity index (χ4v) is 2.02. The quantitative estimate of drug-likeness (QED) is 0.786. The first kappa shape index (κ1) is 14.4. The molecule has 0 aliphatic carbocycles. The monoisotopic (exact) mass is 300 g/mol. The van der Waals surface area contributed by atoms with Crippen LogP contribution in [0.4, 0.5) is 5.82 Å². The maximum absolute atomic E-state index is 4.43. The summed E-state index contributed by atoms with van der Waals surface area (Å²) in [5.74, 6) is 1.76. The van der Waals surface area contributed by atoms with Gasteiger partial charge in [-0.25, -0.2) is 9.97 Å². The highest BCUT2D eigenvalue weighted by Gasteiger charge is 2.02. The van der Waals surface area contributed by atoms with Gasteiger partial charge >= 0.3 is 0 Å². The van der Waals surface area contributed by atoms with Crippen LogP contribution in [0.1, 0.15) is 26.6 Å². The molecule has 1 rings (SSSR count). The van der Waals surface area contributed by atoms with Crippen LogP contribution < -0.4 is 5.32 Å². The van der Waals surface area contributed by atoms with Crippen LogP contribution in [0, 0.1) is 0 Å². The van der Waals surface area contributed by atoms with Gasteiger partial charge in [0.15, 0.2) is 0 Å². The van der Waals surface area contributed by atoms with E-state index in [0.717, 1.165) is 48.8 Å². The van der Waals surface area contributed by atoms with E-state index in [4.69, 9.17) is 0 Å². The van der Waals surface area contributed by atoms with E-state index in [9.17, 15) is 0 Å². The Labute approximate surface area is 112 Å². The van der Waals surface area contributed by atoms with Gasteiger partial charge in [0.05, 0.1) is 0 Å². The van der Waals surface area contributed by atoms with E-state index in [1.165, 1.54) is 0 Å². The second-order valence-corrected chi connectivity index (χ2v) is 4.61. The number of likely N-dealkylation sites (N-methyl/N-ethyl adjacent to an activating group) is 1. The number of nitrogens with one attached hydrogen (secondary N) is 1. The fourth-order valence-electron chi connectivity index (χ4n) is 1.60. The number of hydrogen-bond acceptors (Lipinski definition) is 4. The topological polar surface area (TPSA) is 41.1 Å². The molecule has 1 heterocycles. The number of aromatic nitrogens is 2. The predicted molar refractivity (Wildman–Crippen MR) is 75.4 cm³/mol. The molecule has 0 spiro atoms. The zero-order valence-electron chi connectivity index (χ0n) is 10.8. The van der Waals surface area contributed by atoms with Crippen molar-refractivity contribution in [2.24, 2.45) is 0 Å². The van der Waals surface area contributed by atoms with Gasteiger partial charge in [-0.1, -0.05) is 20.8 Å². The molecule has 1 N–H and O–H groups in total. The Morgan fingerprint density at radius 1 is 1.24 bits per heavy atom. The summed E-state index contributed by atoms with van der Waals surface area (Å²) in [5.41, 5.74) is 0. The Morgan fingerprint density at radius 2 is 1.94 bits per heavy atom. The Balaban J connectivity index is 2.48. The molecule has 4 nitrogen and oxygen atoms in total. The van der Waals surface area contributed by atoms with Crippen LogP contribution in [0.3, 0.4) is 0 Å². The normalized spacial score (nSPS) is 10.9. The Morgan fingerprint density at radius 3 is 2.53 bits per heavy atom. The second kappa shape index (κ2) is 7.61. The molecule has 1 aromatic rings. The lowest BCUT2D eigenvalue weighted by Crippen LogP contribution is -2.28. The fraction of sp³-hybridized carbons (Fsp3) is 0.667. The number of aryl methyl sites for hydroxylation is 1. The van der Waals surface area contributed by atoms with Gasteiger partial charge in [0, 0.05) is 25.6 Å². The third kappa shape index (κ3) is 5.00. The van der Waals surface area contributed by atoms with Crippen LogP contribution in [-0.2, 0) is 6.42 Å². The summed E-state index contributed by atoms with van der Waals surface area (Å²) in [6.45, 7) is 10.5. The first-order valence-electron chi connectivity index (χ1n) is 6.19. The molecule has 5 heteroatoms. The van der Waals surface area contributed by atoms with Gasteiger partial charge < -0.3 is 10.2 Å². The standard InChI is InChI=1S/C12H21BrN4/c1-4-11-15-10(13)9-12(16-11)14-7-8-17(5-2)6-3/h9H,4-8H2,1-3H3,(H,14,15,16). The lowest BCUT2D eigenvalue weighted by Gasteiger charge is -2.18. The van der Waals surface area contributed by atoms with Crippen LogP contribution in [0.5, 0.6) is 0 Å². The first-order chi connectivity index (χ1) is 8.19. The highest BCUT2D eigenvalue weighted by atomic mass is 79.9. The minimum Gasteiger partial charge on any atom is -0.369 e. The summed E-state index contributed by atoms with van der Waals surface area (Å²) < 4.78 is 0.842. The molecule has 0 atom stereocenters. The van der Waals surface area contributed by atoms with Crippen LogP contribution in [0.2, 0.25) is 0 Å². The zero-order chi connectivity index (χ0) is 12.7. The molecular weight excluding hydrogens is 280 g/mol. The van der Waals surface area contributed by atoms with Gasteiger partial charge in [-0.15, -0.1) is 0 Å². The minimum absolute atomic E-state index is 0.842. The maximum atomic E-state index is 4.43. The molecule has 1 aromatic heterocycles. The maximum Gasteiger partial charge on any atom is 0.131 e. The summed E-state index contributed by atoms with van der Waals surface area (Å²) in [7, 11) is 0. The van der Waals surface area contributed by atoms with Crippen molar-refractivity contribution in [2.45, 2.75) is 27.2 Å². The molecule has 0 amide bonds. The SMILES string of the molecule is CCc1nc(Br)cc(NCCN(CC)CC)n1. The van der Waals surface area contributed by atoms with E-state index in [0.29, 0.717) is 0 Å². The highest BCUT2D eigenvalue weighted by Crippen LogP contribution is 2.12. The molecular formula is C12H21BrN4. The van der Waals surface area contributed by atoms with Gasteiger partial charge in [0.1, 0.15) is 16.2 Å². The smallest absolute Gasteiger partial charge is 0.131 e. The second-order valence-electron chi connectivity index (χ2n) is 3.80. The predicted octanol–water partition coefficient (Wildman–Crippen LogP) is 2.56. The molecule has 0 aromatic carbocycles. The Bertz CT molecular complexity index is 339. The van der Waals surface area contributed by atoms with Gasteiger partial charge in [0.2, 0.25) is 0 Å². The summed E-state index contributed by atoms with van der Waals surface area (Å²) in [4.78, 5) is 11.1. The molecule has 0 unspecified atom stereocenters. The third-order valence-corrected chi connectivity index (χ3v) is 3.09. The van der Waals surface area contributed by atoms with Crippen molar-refractivity contribution in [3.8, 4) is 0 Å². The number of rotatable bonds is 7. The minimum atomic E-state index is 0.842. The van der Waals surface area contributed by atoms with Crippen molar-refractivity contribution >= 4 is 21.7 Å². The van der Waals surface area contributed by atoms with Gasteiger partial charge in [-0.05, 0) is 29.0 Å². The molecule has 0 fully saturated rings. The van der Waals surface area contributed by atoms with Crippen molar-refractivity contribution in [1.82, 2.24) is 14.9 Å². The summed E-state index contributed by atoms with van der Waals surface area (Å²) in [6.07, 6.45) is 0.851. The van der Waals surface area contributed by atoms with Crippen LogP contribution in [0.15, 0.2) is 10.7 Å². The molecule has 96 valence electrons. The Hall–Kier alpha value is -0.680. The average Bonchev–Trinajstić information content (AvgIpc) is 2.34. The van der Waals surface area contributed by atoms with Gasteiger partial charge in [0.25, 0.3) is 0 Å². The van der Waals surface area contributed by atoms with E-state index >= 15 is 0 Å². The molecule has 0 saturated heterocycles. The average molecular weight is 301 g/mol. The van der Waals surface area contributed by atoms with Crippen molar-refractivity contribution < 1.29 is 0 Å². The number of halogens is 1. The van der Waals surface area contributed by atoms with Crippen molar-refractivity contribution in [1.29, 1.82) is 0 Å². The first-order valence-corrected chi connectivity index (χ1v) is 6.98. The van der Waals surface area contributed by atoms with E-state index < -0.39 is 0 Å². The lowest BCUT2D eigenvalue weighted by molar-refractivity contribution is 0.316. The largest absolute Gasteiger partial charge is 0.369 e. The Kier molecular flexibility index (Phi) is 6.44. The number of nitrogens with zero attached hydrogens (tertiary/aromatic N) is 3. The molecule has 17 heavy (non-hydrogen) atoms. The lowest BCUT2D eigenvalue weighted by atomic mass is 10.4. The van der Waals surface area contributed by atoms with E-state index in [1.807, 2.05) is 6.07 Å². The van der Waals surface area contributed by atoms with E-state index in [-0.39, 0.29) is 0 Å².